The number of hydrogen-bond donors (Lipinski definition) is 1. The minimum absolute atomic E-state index is 0.127. The maximum Gasteiger partial charge on any atom is 0.335 e. The molecule has 44 heavy (non-hydrogen) atoms. The molecule has 1 unspecified atom stereocenters. The van der Waals surface area contributed by atoms with Crippen LogP contribution in [0.15, 0.2) is 34.9 Å². The Labute approximate surface area is 269 Å². The van der Waals surface area contributed by atoms with Crippen molar-refractivity contribution in [1.82, 2.24) is 10.1 Å². The molecule has 2 saturated carbocycles. The smallest absolute Gasteiger partial charge is 0.335 e. The van der Waals surface area contributed by atoms with Gasteiger partial charge in [-0.25, -0.2) is 9.78 Å². The monoisotopic (exact) mass is 653 g/mol. The molecule has 230 valence electrons. The van der Waals surface area contributed by atoms with Gasteiger partial charge in [0.05, 0.1) is 38.5 Å². The molecule has 4 aromatic rings. The van der Waals surface area contributed by atoms with Crippen LogP contribution in [0.5, 0.6) is 0 Å². The molecule has 8 nitrogen and oxygen atoms in total. The van der Waals surface area contributed by atoms with Crippen molar-refractivity contribution >= 4 is 55.9 Å². The van der Waals surface area contributed by atoms with Crippen LogP contribution in [0.2, 0.25) is 10.0 Å². The summed E-state index contributed by atoms with van der Waals surface area (Å²) in [6.45, 7) is 2.74. The average molecular weight is 655 g/mol. The first-order valence-electron chi connectivity index (χ1n) is 15.5. The van der Waals surface area contributed by atoms with Gasteiger partial charge >= 0.3 is 5.97 Å². The highest BCUT2D eigenvalue weighted by molar-refractivity contribution is 7.22. The molecule has 2 aliphatic carbocycles. The predicted molar refractivity (Wildman–Crippen MR) is 170 cm³/mol. The third-order valence-corrected chi connectivity index (χ3v) is 11.5. The fraction of sp³-hybridized carbons (Fsp3) is 0.485. The molecule has 4 aliphatic rings. The summed E-state index contributed by atoms with van der Waals surface area (Å²) in [5.41, 5.74) is 4.66. The highest BCUT2D eigenvalue weighted by Crippen LogP contribution is 2.48. The number of fused-ring (bicyclic) bond motifs is 3. The fourth-order valence-corrected chi connectivity index (χ4v) is 9.10. The Morgan fingerprint density at radius 1 is 1.09 bits per heavy atom. The molecule has 8 rings (SSSR count). The van der Waals surface area contributed by atoms with Crippen molar-refractivity contribution in [2.24, 2.45) is 5.92 Å². The molecular formula is C33H33Cl2N3O5S. The van der Waals surface area contributed by atoms with Crippen molar-refractivity contribution in [3.05, 3.63) is 62.8 Å². The number of anilines is 1. The number of thiazole rings is 1. The number of aromatic nitrogens is 2. The molecule has 2 aliphatic heterocycles. The number of carbonyl (C=O) groups is 1. The molecule has 2 aromatic heterocycles. The van der Waals surface area contributed by atoms with Crippen molar-refractivity contribution in [1.29, 1.82) is 0 Å². The third-order valence-electron chi connectivity index (χ3n) is 9.78. The van der Waals surface area contributed by atoms with E-state index in [9.17, 15) is 9.90 Å². The highest BCUT2D eigenvalue weighted by atomic mass is 35.5. The van der Waals surface area contributed by atoms with Crippen LogP contribution in [0.25, 0.3) is 21.5 Å². The second-order valence-corrected chi connectivity index (χ2v) is 14.4. The van der Waals surface area contributed by atoms with Crippen LogP contribution in [0, 0.1) is 5.92 Å². The Balaban J connectivity index is 1.01. The minimum Gasteiger partial charge on any atom is -0.478 e. The van der Waals surface area contributed by atoms with E-state index in [1.807, 2.05) is 24.3 Å². The fourth-order valence-electron chi connectivity index (χ4n) is 7.40. The zero-order valence-electron chi connectivity index (χ0n) is 24.1. The molecule has 0 amide bonds. The van der Waals surface area contributed by atoms with E-state index in [1.54, 1.807) is 17.4 Å². The Hall–Kier alpha value is -2.69. The standard InChI is InChI=1S/C33H33Cl2N3O5S/c34-24-4-1-5-25(35)28(24)30-23(31(43-37-30)18-6-7-18)16-42-26-14-21-11-20(26)15-38(21)33-36-29-22(17-3-2-9-41-10-8-17)12-19(32(39)40)13-27(29)44-33/h1,4-5,12-13,17-18,20-21,26H,2-3,6-11,14-16H2,(H,39,40)/t17?,20-,21-,26+/m0/s1. The predicted octanol–water partition coefficient (Wildman–Crippen LogP) is 8.30. The lowest BCUT2D eigenvalue weighted by atomic mass is 9.90. The van der Waals surface area contributed by atoms with Crippen molar-refractivity contribution in [3.8, 4) is 11.3 Å². The van der Waals surface area contributed by atoms with Gasteiger partial charge in [0.1, 0.15) is 11.5 Å². The van der Waals surface area contributed by atoms with Crippen molar-refractivity contribution < 1.29 is 23.9 Å². The number of benzene rings is 2. The molecule has 4 atom stereocenters. The first-order valence-corrected chi connectivity index (χ1v) is 17.1. The zero-order valence-corrected chi connectivity index (χ0v) is 26.5. The summed E-state index contributed by atoms with van der Waals surface area (Å²) >= 11 is 14.7. The number of aromatic carboxylic acids is 1. The Morgan fingerprint density at radius 2 is 1.93 bits per heavy atom. The van der Waals surface area contributed by atoms with Gasteiger partial charge in [-0.1, -0.05) is 45.8 Å². The van der Waals surface area contributed by atoms with E-state index in [-0.39, 0.29) is 12.0 Å². The number of rotatable bonds is 8. The van der Waals surface area contributed by atoms with Gasteiger partial charge in [-0.15, -0.1) is 0 Å². The van der Waals surface area contributed by atoms with Crippen LogP contribution in [-0.4, -0.2) is 53.1 Å². The van der Waals surface area contributed by atoms with Gasteiger partial charge in [0.15, 0.2) is 5.13 Å². The second-order valence-electron chi connectivity index (χ2n) is 12.6. The zero-order chi connectivity index (χ0) is 29.9. The first-order chi connectivity index (χ1) is 21.4. The van der Waals surface area contributed by atoms with Gasteiger partial charge in [0, 0.05) is 48.8 Å². The van der Waals surface area contributed by atoms with E-state index in [0.29, 0.717) is 58.0 Å². The number of carboxylic acid groups (broad SMARTS) is 1. The van der Waals surface area contributed by atoms with Crippen LogP contribution in [0.3, 0.4) is 0 Å². The molecule has 2 aromatic carbocycles. The van der Waals surface area contributed by atoms with Crippen LogP contribution in [0.4, 0.5) is 5.13 Å². The normalized spacial score (nSPS) is 25.2. The quantitative estimate of drug-likeness (QED) is 0.203. The third kappa shape index (κ3) is 5.20. The van der Waals surface area contributed by atoms with E-state index >= 15 is 0 Å². The lowest BCUT2D eigenvalue weighted by Crippen LogP contribution is -2.38. The molecule has 4 fully saturated rings. The van der Waals surface area contributed by atoms with Gasteiger partial charge < -0.3 is 24.0 Å². The molecule has 1 N–H and O–H groups in total. The SMILES string of the molecule is O=C(O)c1cc(C2CCCOCC2)c2nc(N3C[C@@H]4C[C@H]3C[C@H]4OCc3c(-c4c(Cl)cccc4Cl)noc3C3CC3)sc2c1. The van der Waals surface area contributed by atoms with E-state index in [0.717, 1.165) is 90.3 Å². The van der Waals surface area contributed by atoms with Gasteiger partial charge in [0.2, 0.25) is 0 Å². The summed E-state index contributed by atoms with van der Waals surface area (Å²) in [5.74, 6) is 1.02. The summed E-state index contributed by atoms with van der Waals surface area (Å²) in [6.07, 6.45) is 7.12. The Bertz CT molecular complexity index is 1710. The Morgan fingerprint density at radius 3 is 2.68 bits per heavy atom. The lowest BCUT2D eigenvalue weighted by molar-refractivity contribution is 0.0122. The summed E-state index contributed by atoms with van der Waals surface area (Å²) in [7, 11) is 0. The van der Waals surface area contributed by atoms with Crippen LogP contribution in [0.1, 0.15) is 84.0 Å². The van der Waals surface area contributed by atoms with Gasteiger partial charge in [-0.2, -0.15) is 0 Å². The number of nitrogens with zero attached hydrogens (tertiary/aromatic N) is 3. The number of carboxylic acids is 1. The maximum absolute atomic E-state index is 12.0. The molecule has 0 radical (unpaired) electrons. The van der Waals surface area contributed by atoms with E-state index < -0.39 is 5.97 Å². The summed E-state index contributed by atoms with van der Waals surface area (Å²) in [4.78, 5) is 19.6. The summed E-state index contributed by atoms with van der Waals surface area (Å²) in [5, 5.41) is 16.3. The number of ether oxygens (including phenoxy) is 2. The topological polar surface area (TPSA) is 97.9 Å². The van der Waals surface area contributed by atoms with Gasteiger partial charge in [-0.3, -0.25) is 0 Å². The maximum atomic E-state index is 12.0. The van der Waals surface area contributed by atoms with E-state index in [4.69, 9.17) is 42.2 Å². The molecule has 11 heteroatoms. The van der Waals surface area contributed by atoms with Crippen LogP contribution in [-0.2, 0) is 16.1 Å². The van der Waals surface area contributed by atoms with E-state index in [2.05, 4.69) is 10.1 Å². The average Bonchev–Trinajstić information content (AvgIpc) is 3.32. The second kappa shape index (κ2) is 11.6. The van der Waals surface area contributed by atoms with Gasteiger partial charge in [0.25, 0.3) is 0 Å². The largest absolute Gasteiger partial charge is 0.478 e. The number of hydrogen-bond acceptors (Lipinski definition) is 8. The summed E-state index contributed by atoms with van der Waals surface area (Å²) in [6, 6.07) is 9.44. The Kier molecular flexibility index (Phi) is 7.58. The summed E-state index contributed by atoms with van der Waals surface area (Å²) < 4.78 is 19.1. The minimum atomic E-state index is -0.897. The van der Waals surface area contributed by atoms with Crippen LogP contribution >= 0.6 is 34.5 Å². The number of halogens is 2. The van der Waals surface area contributed by atoms with Crippen LogP contribution < -0.4 is 4.90 Å². The molecule has 2 bridgehead atoms. The lowest BCUT2D eigenvalue weighted by Gasteiger charge is -2.31. The van der Waals surface area contributed by atoms with Crippen molar-refractivity contribution in [3.63, 3.8) is 0 Å². The number of piperidine rings is 1. The molecular weight excluding hydrogens is 621 g/mol. The van der Waals surface area contributed by atoms with Crippen molar-refractivity contribution in [2.75, 3.05) is 24.7 Å². The molecule has 4 heterocycles. The van der Waals surface area contributed by atoms with Gasteiger partial charge in [-0.05, 0) is 80.7 Å². The highest BCUT2D eigenvalue weighted by Gasteiger charge is 2.47. The molecule has 0 spiro atoms. The van der Waals surface area contributed by atoms with E-state index in [1.165, 1.54) is 0 Å². The molecule has 2 saturated heterocycles. The van der Waals surface area contributed by atoms with Crippen molar-refractivity contribution in [2.45, 2.75) is 75.5 Å². The first kappa shape index (κ1) is 28.8.